The van der Waals surface area contributed by atoms with Crippen molar-refractivity contribution >= 4 is 5.97 Å². The molecule has 0 spiro atoms. The molecule has 0 aliphatic heterocycles. The molecule has 3 rings (SSSR count). The third-order valence-corrected chi connectivity index (χ3v) is 10.1. The van der Waals surface area contributed by atoms with Gasteiger partial charge in [0.25, 0.3) is 0 Å². The van der Waals surface area contributed by atoms with E-state index in [0.29, 0.717) is 25.3 Å². The van der Waals surface area contributed by atoms with E-state index >= 15 is 0 Å². The smallest absolute Gasteiger partial charge is 0.462 e. The first-order valence-electron chi connectivity index (χ1n) is 22.2. The predicted molar refractivity (Wildman–Crippen MR) is 209 cm³/mol. The first-order valence-corrected chi connectivity index (χ1v) is 22.2. The normalized spacial score (nSPS) is 15.8. The molecule has 4 unspecified atom stereocenters. The van der Waals surface area contributed by atoms with Gasteiger partial charge in [0.1, 0.15) is 13.2 Å². The SMILES string of the molecule is COC(=O)c1ccc(OCc2ccc(OC(F)(F)C(F)OC(F)(F)C(F)(F)C(F)(F)F)c(OC(F)(F)C(F)OC(F)(F)C(F)(F)C(F)(F)F)c2)c(OCc2ccc(OC(F)(F)C(F)OC(F)(F)C(F)(F)C(F)(F)F)c(OC(F)(F)C(F)OC(F)(F)C(F)(F)C(F)(F)F)c2)c1. The van der Waals surface area contributed by atoms with Gasteiger partial charge in [-0.05, 0) is 53.6 Å². The maximum Gasteiger partial charge on any atom is 0.462 e. The summed E-state index contributed by atoms with van der Waals surface area (Å²) in [6.07, 6.45) is -109. The number of ether oxygens (including phenoxy) is 11. The standard InChI is InChI=1S/C42H20F40O12/c1-84-22(83)15-4-7-16(85-11-13-2-5-17(87-27(47,48)23(43)91-39(75,76)31(55,56)35(63,64)65)20(8-13)89-29(51,52)25(45)93-41(79,80)33(59,60)37(69,70)71)19(10-15)86-12-14-3-6-18(88-28(49,50)24(44)92-40(77,78)32(57,58)36(66,67)68)21(9-14)90-30(53,54)26(46)94-42(81,82)34(61,62)38(72,73)74/h2-10,23-26H,11-12H2,1H3. The number of hydrogen-bond donors (Lipinski definition) is 0. The zero-order valence-corrected chi connectivity index (χ0v) is 42.9. The summed E-state index contributed by atoms with van der Waals surface area (Å²) in [6.45, 7) is -3.34. The highest BCUT2D eigenvalue weighted by Gasteiger charge is 2.79. The Morgan fingerprint density at radius 2 is 0.553 bits per heavy atom. The summed E-state index contributed by atoms with van der Waals surface area (Å²) in [6, 6.07) is -0.566. The predicted octanol–water partition coefficient (Wildman–Crippen LogP) is 16.9. The van der Waals surface area contributed by atoms with Crippen molar-refractivity contribution in [3.05, 3.63) is 71.3 Å². The lowest BCUT2D eigenvalue weighted by Crippen LogP contribution is -2.56. The van der Waals surface area contributed by atoms with Gasteiger partial charge in [-0.25, -0.2) is 22.4 Å². The summed E-state index contributed by atoms with van der Waals surface area (Å²) in [7, 11) is 0.587. The average Bonchev–Trinajstić information content (AvgIpc) is 0.785. The highest BCUT2D eigenvalue weighted by Crippen LogP contribution is 2.54. The maximum absolute atomic E-state index is 14.9. The molecule has 94 heavy (non-hydrogen) atoms. The minimum absolute atomic E-state index is 0.00411. The zero-order valence-electron chi connectivity index (χ0n) is 42.9. The van der Waals surface area contributed by atoms with Crippen LogP contribution in [0.2, 0.25) is 0 Å². The van der Waals surface area contributed by atoms with Gasteiger partial charge in [-0.2, -0.15) is 158 Å². The first-order chi connectivity index (χ1) is 41.6. The van der Waals surface area contributed by atoms with Gasteiger partial charge >= 0.3 is 129 Å². The van der Waals surface area contributed by atoms with E-state index in [0.717, 1.165) is 0 Å². The van der Waals surface area contributed by atoms with Gasteiger partial charge in [0.2, 0.25) is 0 Å². The van der Waals surface area contributed by atoms with Gasteiger partial charge in [-0.3, -0.25) is 18.9 Å². The largest absolute Gasteiger partial charge is 0.485 e. The van der Waals surface area contributed by atoms with E-state index in [1.54, 1.807) is 0 Å². The number of carbonyl (C=O) groups is 1. The minimum atomic E-state index is -7.65. The number of esters is 1. The number of rotatable bonds is 31. The fraction of sp³-hybridized carbons (Fsp3) is 0.548. The number of halogens is 40. The first kappa shape index (κ1) is 81.2. The Kier molecular flexibility index (Phi) is 22.9. The van der Waals surface area contributed by atoms with E-state index in [-0.39, 0.29) is 12.1 Å². The molecule has 0 saturated carbocycles. The Morgan fingerprint density at radius 3 is 0.798 bits per heavy atom. The molecule has 0 aliphatic rings. The summed E-state index contributed by atoms with van der Waals surface area (Å²) < 4.78 is 579. The summed E-state index contributed by atoms with van der Waals surface area (Å²) in [5.41, 5.74) is -3.29. The Morgan fingerprint density at radius 1 is 0.319 bits per heavy atom. The molecule has 3 aromatic carbocycles. The maximum atomic E-state index is 14.9. The topological polar surface area (TPSA) is 119 Å². The highest BCUT2D eigenvalue weighted by atomic mass is 19.5. The number of carbonyl (C=O) groups excluding carboxylic acids is 1. The highest BCUT2D eigenvalue weighted by molar-refractivity contribution is 5.90. The lowest BCUT2D eigenvalue weighted by Gasteiger charge is -2.31. The lowest BCUT2D eigenvalue weighted by molar-refractivity contribution is -0.461. The number of benzene rings is 3. The molecule has 0 aromatic heterocycles. The molecule has 540 valence electrons. The Hall–Kier alpha value is -7.03. The molecule has 0 aliphatic carbocycles. The molecule has 0 N–H and O–H groups in total. The van der Waals surface area contributed by atoms with Gasteiger partial charge < -0.3 is 33.2 Å². The van der Waals surface area contributed by atoms with E-state index in [2.05, 4.69) is 42.6 Å². The van der Waals surface area contributed by atoms with Crippen LogP contribution in [-0.4, -0.2) is 136 Å². The summed E-state index contributed by atoms with van der Waals surface area (Å²) in [4.78, 5) is 12.3. The van der Waals surface area contributed by atoms with Crippen molar-refractivity contribution in [1.82, 2.24) is 0 Å². The fourth-order valence-corrected chi connectivity index (χ4v) is 5.44. The number of alkyl halides is 40. The Balaban J connectivity index is 2.21. The summed E-state index contributed by atoms with van der Waals surface area (Å²) in [5.74, 6) is -44.9. The molecule has 0 heterocycles. The fourth-order valence-electron chi connectivity index (χ4n) is 5.44. The molecule has 0 fully saturated rings. The van der Waals surface area contributed by atoms with Crippen LogP contribution in [0.1, 0.15) is 21.5 Å². The molecule has 0 bridgehead atoms. The van der Waals surface area contributed by atoms with Gasteiger partial charge in [0.15, 0.2) is 34.5 Å². The van der Waals surface area contributed by atoms with Crippen LogP contribution in [-0.2, 0) is 36.9 Å². The van der Waals surface area contributed by atoms with Crippen molar-refractivity contribution < 1.29 is 233 Å². The molecule has 12 nitrogen and oxygen atoms in total. The van der Waals surface area contributed by atoms with Crippen LogP contribution in [0.5, 0.6) is 34.5 Å². The quantitative estimate of drug-likeness (QED) is 0.0451. The van der Waals surface area contributed by atoms with Gasteiger partial charge in [-0.1, -0.05) is 12.1 Å². The second kappa shape index (κ2) is 26.5. The second-order valence-electron chi connectivity index (χ2n) is 17.0. The Bertz CT molecular complexity index is 3070. The van der Waals surface area contributed by atoms with Crippen LogP contribution in [0.25, 0.3) is 0 Å². The third-order valence-electron chi connectivity index (χ3n) is 10.1. The molecule has 0 amide bonds. The van der Waals surface area contributed by atoms with E-state index in [1.165, 1.54) is 0 Å². The monoisotopic (exact) mass is 1480 g/mol. The molecule has 0 radical (unpaired) electrons. The van der Waals surface area contributed by atoms with E-state index in [9.17, 15) is 180 Å². The molecule has 3 aromatic rings. The molecule has 52 heteroatoms. The molecular formula is C42H20F40O12. The third kappa shape index (κ3) is 17.7. The van der Waals surface area contributed by atoms with Gasteiger partial charge in [-0.15, -0.1) is 0 Å². The number of hydrogen-bond acceptors (Lipinski definition) is 12. The van der Waals surface area contributed by atoms with Crippen LogP contribution in [0.15, 0.2) is 54.6 Å². The van der Waals surface area contributed by atoms with Crippen molar-refractivity contribution in [2.24, 2.45) is 0 Å². The van der Waals surface area contributed by atoms with E-state index in [4.69, 9.17) is 9.47 Å². The minimum Gasteiger partial charge on any atom is -0.485 e. The van der Waals surface area contributed by atoms with E-state index in [1.807, 2.05) is 0 Å². The Labute approximate surface area is 487 Å². The van der Waals surface area contributed by atoms with Gasteiger partial charge in [0.05, 0.1) is 12.7 Å². The van der Waals surface area contributed by atoms with Crippen LogP contribution >= 0.6 is 0 Å². The molecular weight excluding hydrogens is 1460 g/mol. The van der Waals surface area contributed by atoms with Crippen LogP contribution < -0.4 is 28.4 Å². The second-order valence-corrected chi connectivity index (χ2v) is 17.0. The average molecular weight is 1480 g/mol. The summed E-state index contributed by atoms with van der Waals surface area (Å²) in [5, 5.41) is 0. The summed E-state index contributed by atoms with van der Waals surface area (Å²) >= 11 is 0. The van der Waals surface area contributed by atoms with Crippen molar-refractivity contribution in [2.45, 2.75) is 136 Å². The van der Waals surface area contributed by atoms with Crippen LogP contribution in [0.4, 0.5) is 176 Å². The lowest BCUT2D eigenvalue weighted by atomic mass is 10.2. The van der Waals surface area contributed by atoms with Crippen LogP contribution in [0, 0.1) is 0 Å². The van der Waals surface area contributed by atoms with Gasteiger partial charge in [0, 0.05) is 0 Å². The van der Waals surface area contributed by atoms with Crippen molar-refractivity contribution in [3.8, 4) is 34.5 Å². The van der Waals surface area contributed by atoms with E-state index < -0.39 is 217 Å². The van der Waals surface area contributed by atoms with Crippen molar-refractivity contribution in [3.63, 3.8) is 0 Å². The van der Waals surface area contributed by atoms with Crippen LogP contribution in [0.3, 0.4) is 0 Å². The van der Waals surface area contributed by atoms with Crippen molar-refractivity contribution in [1.29, 1.82) is 0 Å². The number of methoxy groups -OCH3 is 1. The molecule has 0 saturated heterocycles. The molecule has 4 atom stereocenters. The van der Waals surface area contributed by atoms with Crippen molar-refractivity contribution in [2.75, 3.05) is 7.11 Å². The zero-order chi connectivity index (χ0) is 73.6.